The van der Waals surface area contributed by atoms with Gasteiger partial charge in [0.2, 0.25) is 5.91 Å². The minimum absolute atomic E-state index is 0.214. The Morgan fingerprint density at radius 3 is 2.88 bits per heavy atom. The van der Waals surface area contributed by atoms with E-state index in [-0.39, 0.29) is 11.9 Å². The van der Waals surface area contributed by atoms with Crippen LogP contribution < -0.4 is 4.90 Å². The lowest BCUT2D eigenvalue weighted by atomic mass is 10.1. The highest BCUT2D eigenvalue weighted by atomic mass is 32.1. The number of hydrogen-bond acceptors (Lipinski definition) is 7. The number of anilines is 1. The molecule has 0 unspecified atom stereocenters. The summed E-state index contributed by atoms with van der Waals surface area (Å²) in [5, 5.41) is 4.25. The van der Waals surface area contributed by atoms with E-state index in [1.165, 1.54) is 16.4 Å². The Morgan fingerprint density at radius 1 is 1.19 bits per heavy atom. The van der Waals surface area contributed by atoms with Crippen LogP contribution in [-0.2, 0) is 11.2 Å². The maximum Gasteiger partial charge on any atom is 0.237 e. The van der Waals surface area contributed by atoms with Crippen molar-refractivity contribution >= 4 is 23.3 Å². The summed E-state index contributed by atoms with van der Waals surface area (Å²) < 4.78 is 4.10. The quantitative estimate of drug-likeness (QED) is 0.812. The van der Waals surface area contributed by atoms with Crippen molar-refractivity contribution < 1.29 is 4.79 Å². The van der Waals surface area contributed by atoms with E-state index in [2.05, 4.69) is 29.3 Å². The molecular weight excluding hydrogens is 348 g/mol. The number of rotatable bonds is 3. The van der Waals surface area contributed by atoms with Gasteiger partial charge in [0.15, 0.2) is 0 Å². The monoisotopic (exact) mass is 370 g/mol. The first-order chi connectivity index (χ1) is 12.8. The minimum Gasteiger partial charge on any atom is -0.354 e. The Morgan fingerprint density at radius 2 is 2.08 bits per heavy atom. The maximum absolute atomic E-state index is 13.0. The van der Waals surface area contributed by atoms with Gasteiger partial charge in [0.1, 0.15) is 5.82 Å². The molecule has 2 fully saturated rings. The molecule has 26 heavy (non-hydrogen) atoms. The predicted molar refractivity (Wildman–Crippen MR) is 99.1 cm³/mol. The lowest BCUT2D eigenvalue weighted by Crippen LogP contribution is -2.52. The number of amides is 1. The van der Waals surface area contributed by atoms with Crippen molar-refractivity contribution in [2.45, 2.75) is 31.3 Å². The highest BCUT2D eigenvalue weighted by molar-refractivity contribution is 7.05. The molecule has 2 aromatic heterocycles. The van der Waals surface area contributed by atoms with Crippen LogP contribution in [0, 0.1) is 0 Å². The molecule has 3 aliphatic rings. The van der Waals surface area contributed by atoms with Gasteiger partial charge >= 0.3 is 0 Å². The summed E-state index contributed by atoms with van der Waals surface area (Å²) in [6.45, 7) is 4.16. The Kier molecular flexibility index (Phi) is 4.09. The van der Waals surface area contributed by atoms with Crippen molar-refractivity contribution in [1.82, 2.24) is 24.4 Å². The van der Waals surface area contributed by atoms with Crippen LogP contribution in [0.4, 0.5) is 5.82 Å². The van der Waals surface area contributed by atoms with Crippen molar-refractivity contribution in [2.75, 3.05) is 37.6 Å². The zero-order chi connectivity index (χ0) is 17.5. The first kappa shape index (κ1) is 16.1. The van der Waals surface area contributed by atoms with E-state index < -0.39 is 0 Å². The van der Waals surface area contributed by atoms with E-state index in [4.69, 9.17) is 0 Å². The second-order valence-corrected chi connectivity index (χ2v) is 8.07. The van der Waals surface area contributed by atoms with Gasteiger partial charge in [-0.2, -0.15) is 0 Å². The van der Waals surface area contributed by atoms with Crippen LogP contribution in [0.3, 0.4) is 0 Å². The number of nitrogens with zero attached hydrogens (tertiary/aromatic N) is 6. The normalized spacial score (nSPS) is 25.4. The molecule has 2 bridgehead atoms. The molecule has 3 aliphatic heterocycles. The Bertz CT molecular complexity index is 788. The van der Waals surface area contributed by atoms with Gasteiger partial charge in [0, 0.05) is 44.8 Å². The van der Waals surface area contributed by atoms with Crippen molar-refractivity contribution in [3.63, 3.8) is 0 Å². The predicted octanol–water partition coefficient (Wildman–Crippen LogP) is 1.34. The van der Waals surface area contributed by atoms with Crippen molar-refractivity contribution in [3.8, 4) is 0 Å². The first-order valence-corrected chi connectivity index (χ1v) is 10.1. The minimum atomic E-state index is 0.214. The van der Waals surface area contributed by atoms with Gasteiger partial charge in [-0.25, -0.2) is 4.98 Å². The third-order valence-electron chi connectivity index (χ3n) is 5.81. The van der Waals surface area contributed by atoms with Crippen LogP contribution in [0.25, 0.3) is 0 Å². The number of pyridine rings is 1. The van der Waals surface area contributed by atoms with E-state index in [1.807, 2.05) is 24.4 Å². The van der Waals surface area contributed by atoms with E-state index in [9.17, 15) is 4.79 Å². The molecular formula is C18H22N6OS. The molecule has 136 valence electrons. The lowest BCUT2D eigenvalue weighted by molar-refractivity contribution is -0.136. The standard InChI is InChI=1S/C18H22N6OS/c25-17(24-13-4-5-15(24)18-14(11-13)20-21-26-18)12-22-7-9-23(10-8-22)16-3-1-2-6-19-16/h1-3,6,13,15H,4-5,7-12H2/t13-,15+/m0/s1. The van der Waals surface area contributed by atoms with Crippen LogP contribution >= 0.6 is 11.5 Å². The topological polar surface area (TPSA) is 65.5 Å². The molecule has 0 radical (unpaired) electrons. The summed E-state index contributed by atoms with van der Waals surface area (Å²) in [5.41, 5.74) is 1.12. The molecule has 2 atom stereocenters. The molecule has 0 saturated carbocycles. The molecule has 8 heteroatoms. The summed E-state index contributed by atoms with van der Waals surface area (Å²) in [6.07, 6.45) is 4.86. The van der Waals surface area contributed by atoms with E-state index in [0.29, 0.717) is 12.6 Å². The molecule has 0 aromatic carbocycles. The van der Waals surface area contributed by atoms with Gasteiger partial charge in [0.05, 0.1) is 23.2 Å². The van der Waals surface area contributed by atoms with Gasteiger partial charge < -0.3 is 9.80 Å². The number of hydrogen-bond donors (Lipinski definition) is 0. The summed E-state index contributed by atoms with van der Waals surface area (Å²) in [4.78, 5) is 25.4. The fourth-order valence-electron chi connectivity index (χ4n) is 4.50. The van der Waals surface area contributed by atoms with Crippen molar-refractivity contribution in [3.05, 3.63) is 35.0 Å². The van der Waals surface area contributed by atoms with Gasteiger partial charge in [-0.15, -0.1) is 5.10 Å². The third kappa shape index (κ3) is 2.77. The van der Waals surface area contributed by atoms with Gasteiger partial charge in [0.25, 0.3) is 0 Å². The number of aromatic nitrogens is 3. The first-order valence-electron chi connectivity index (χ1n) is 9.30. The molecule has 0 aliphatic carbocycles. The smallest absolute Gasteiger partial charge is 0.237 e. The van der Waals surface area contributed by atoms with Gasteiger partial charge in [-0.1, -0.05) is 10.6 Å². The number of piperazine rings is 1. The van der Waals surface area contributed by atoms with Crippen LogP contribution in [0.1, 0.15) is 29.5 Å². The summed E-state index contributed by atoms with van der Waals surface area (Å²) in [5.74, 6) is 1.29. The molecule has 0 spiro atoms. The van der Waals surface area contributed by atoms with E-state index in [0.717, 1.165) is 57.0 Å². The van der Waals surface area contributed by atoms with Gasteiger partial charge in [-0.05, 0) is 36.5 Å². The zero-order valence-corrected chi connectivity index (χ0v) is 15.4. The van der Waals surface area contributed by atoms with Crippen LogP contribution in [0.2, 0.25) is 0 Å². The molecule has 7 nitrogen and oxygen atoms in total. The fraction of sp³-hybridized carbons (Fsp3) is 0.556. The van der Waals surface area contributed by atoms with Crippen LogP contribution in [0.15, 0.2) is 24.4 Å². The largest absolute Gasteiger partial charge is 0.354 e. The highest BCUT2D eigenvalue weighted by Crippen LogP contribution is 2.44. The second kappa shape index (κ2) is 6.59. The average molecular weight is 370 g/mol. The molecule has 1 amide bonds. The summed E-state index contributed by atoms with van der Waals surface area (Å²) in [7, 11) is 0. The summed E-state index contributed by atoms with van der Waals surface area (Å²) in [6, 6.07) is 6.54. The van der Waals surface area contributed by atoms with Crippen LogP contribution in [0.5, 0.6) is 0 Å². The SMILES string of the molecule is O=C(CN1CCN(c2ccccn2)CC1)N1[C@H]2CC[C@@H]1c1snnc1C2. The third-order valence-corrected chi connectivity index (χ3v) is 6.68. The van der Waals surface area contributed by atoms with Crippen molar-refractivity contribution in [1.29, 1.82) is 0 Å². The molecule has 2 aromatic rings. The lowest BCUT2D eigenvalue weighted by Gasteiger charge is -2.38. The Labute approximate surface area is 156 Å². The Balaban J connectivity index is 1.21. The molecule has 2 saturated heterocycles. The summed E-state index contributed by atoms with van der Waals surface area (Å²) >= 11 is 1.47. The van der Waals surface area contributed by atoms with E-state index in [1.54, 1.807) is 0 Å². The zero-order valence-electron chi connectivity index (χ0n) is 14.6. The molecule has 5 heterocycles. The molecule has 5 rings (SSSR count). The van der Waals surface area contributed by atoms with Crippen LogP contribution in [-0.4, -0.2) is 69.0 Å². The Hall–Kier alpha value is -2.06. The number of carbonyl (C=O) groups is 1. The maximum atomic E-state index is 13.0. The molecule has 0 N–H and O–H groups in total. The number of carbonyl (C=O) groups excluding carboxylic acids is 1. The van der Waals surface area contributed by atoms with Crippen molar-refractivity contribution in [2.24, 2.45) is 0 Å². The van der Waals surface area contributed by atoms with E-state index >= 15 is 0 Å². The fourth-order valence-corrected chi connectivity index (χ4v) is 5.31. The highest BCUT2D eigenvalue weighted by Gasteiger charge is 2.44. The number of fused-ring (bicyclic) bond motifs is 4. The van der Waals surface area contributed by atoms with Gasteiger partial charge in [-0.3, -0.25) is 9.69 Å². The average Bonchev–Trinajstić information content (AvgIpc) is 3.28. The second-order valence-electron chi connectivity index (χ2n) is 7.29.